The van der Waals surface area contributed by atoms with Crippen molar-refractivity contribution in [1.82, 2.24) is 5.32 Å². The third kappa shape index (κ3) is 8.55. The van der Waals surface area contributed by atoms with Crippen LogP contribution in [0, 0.1) is 0 Å². The summed E-state index contributed by atoms with van der Waals surface area (Å²) in [6, 6.07) is 0.746. The molecule has 0 unspecified atom stereocenters. The second kappa shape index (κ2) is 11.0. The minimum Gasteiger partial charge on any atom is -0.382 e. The van der Waals surface area contributed by atoms with Gasteiger partial charge in [0.15, 0.2) is 0 Å². The number of hydrogen-bond acceptors (Lipinski definition) is 4. The highest BCUT2D eigenvalue weighted by Gasteiger charge is 2.12. The van der Waals surface area contributed by atoms with Crippen molar-refractivity contribution in [2.75, 3.05) is 46.7 Å². The summed E-state index contributed by atoms with van der Waals surface area (Å²) < 4.78 is 15.8. The van der Waals surface area contributed by atoms with Crippen LogP contribution in [-0.4, -0.2) is 52.7 Å². The van der Waals surface area contributed by atoms with Crippen LogP contribution in [-0.2, 0) is 14.2 Å². The molecule has 0 heterocycles. The lowest BCUT2D eigenvalue weighted by molar-refractivity contribution is 0.0516. The molecular weight excluding hydrogens is 218 g/mol. The molecule has 17 heavy (non-hydrogen) atoms. The fourth-order valence-corrected chi connectivity index (χ4v) is 2.07. The number of rotatable bonds is 11. The van der Waals surface area contributed by atoms with Gasteiger partial charge in [0.2, 0.25) is 0 Å². The van der Waals surface area contributed by atoms with Crippen LogP contribution >= 0.6 is 0 Å². The van der Waals surface area contributed by atoms with Gasteiger partial charge in [0.05, 0.1) is 19.8 Å². The predicted octanol–water partition coefficient (Wildman–Crippen LogP) is 1.59. The molecular formula is C13H27NO3. The van der Waals surface area contributed by atoms with E-state index in [4.69, 9.17) is 14.2 Å². The monoisotopic (exact) mass is 245 g/mol. The summed E-state index contributed by atoms with van der Waals surface area (Å²) in [6.45, 7) is 4.70. The Morgan fingerprint density at radius 2 is 1.65 bits per heavy atom. The molecule has 0 aliphatic heterocycles. The van der Waals surface area contributed by atoms with Gasteiger partial charge in [-0.3, -0.25) is 0 Å². The minimum atomic E-state index is 0.673. The van der Waals surface area contributed by atoms with Crippen molar-refractivity contribution in [3.8, 4) is 0 Å². The molecule has 4 nitrogen and oxygen atoms in total. The zero-order chi connectivity index (χ0) is 12.2. The lowest BCUT2D eigenvalue weighted by Crippen LogP contribution is -2.29. The van der Waals surface area contributed by atoms with Gasteiger partial charge in [0, 0.05) is 32.9 Å². The van der Waals surface area contributed by atoms with Gasteiger partial charge >= 0.3 is 0 Å². The van der Waals surface area contributed by atoms with E-state index in [1.165, 1.54) is 25.7 Å². The molecule has 0 aromatic heterocycles. The first-order chi connectivity index (χ1) is 8.43. The fraction of sp³-hybridized carbons (Fsp3) is 1.00. The Hall–Kier alpha value is -0.160. The Morgan fingerprint density at radius 1 is 0.941 bits per heavy atom. The van der Waals surface area contributed by atoms with E-state index in [1.807, 2.05) is 0 Å². The van der Waals surface area contributed by atoms with E-state index in [1.54, 1.807) is 7.11 Å². The molecule has 1 aliphatic rings. The van der Waals surface area contributed by atoms with Gasteiger partial charge in [-0.1, -0.05) is 12.8 Å². The second-order valence-electron chi connectivity index (χ2n) is 4.51. The molecule has 0 spiro atoms. The molecule has 1 aliphatic carbocycles. The van der Waals surface area contributed by atoms with Crippen molar-refractivity contribution in [3.05, 3.63) is 0 Å². The van der Waals surface area contributed by atoms with E-state index >= 15 is 0 Å². The lowest BCUT2D eigenvalue weighted by atomic mass is 10.2. The summed E-state index contributed by atoms with van der Waals surface area (Å²) in [5.74, 6) is 0. The first kappa shape index (κ1) is 14.9. The van der Waals surface area contributed by atoms with Crippen LogP contribution in [0.5, 0.6) is 0 Å². The highest BCUT2D eigenvalue weighted by atomic mass is 16.5. The van der Waals surface area contributed by atoms with Crippen LogP contribution < -0.4 is 5.32 Å². The van der Waals surface area contributed by atoms with E-state index in [0.29, 0.717) is 13.2 Å². The number of nitrogens with one attached hydrogen (secondary N) is 1. The predicted molar refractivity (Wildman–Crippen MR) is 68.4 cm³/mol. The second-order valence-corrected chi connectivity index (χ2v) is 4.51. The normalized spacial score (nSPS) is 16.8. The molecule has 0 aromatic rings. The van der Waals surface area contributed by atoms with Crippen molar-refractivity contribution in [2.45, 2.75) is 38.1 Å². The highest BCUT2D eigenvalue weighted by molar-refractivity contribution is 4.72. The average molecular weight is 245 g/mol. The maximum atomic E-state index is 5.53. The third-order valence-electron chi connectivity index (χ3n) is 3.04. The zero-order valence-corrected chi connectivity index (χ0v) is 11.1. The highest BCUT2D eigenvalue weighted by Crippen LogP contribution is 2.17. The molecule has 1 rings (SSSR count). The van der Waals surface area contributed by atoms with E-state index in [-0.39, 0.29) is 0 Å². The summed E-state index contributed by atoms with van der Waals surface area (Å²) in [5.41, 5.74) is 0. The van der Waals surface area contributed by atoms with Crippen LogP contribution in [0.2, 0.25) is 0 Å². The average Bonchev–Trinajstić information content (AvgIpc) is 2.85. The van der Waals surface area contributed by atoms with Crippen molar-refractivity contribution in [3.63, 3.8) is 0 Å². The van der Waals surface area contributed by atoms with Crippen molar-refractivity contribution in [1.29, 1.82) is 0 Å². The lowest BCUT2D eigenvalue weighted by Gasteiger charge is -2.11. The minimum absolute atomic E-state index is 0.673. The number of ether oxygens (including phenoxy) is 3. The molecule has 102 valence electrons. The summed E-state index contributed by atoms with van der Waals surface area (Å²) in [5, 5.41) is 3.53. The van der Waals surface area contributed by atoms with E-state index in [9.17, 15) is 0 Å². The molecule has 1 N–H and O–H groups in total. The molecule has 1 fully saturated rings. The Morgan fingerprint density at radius 3 is 2.35 bits per heavy atom. The van der Waals surface area contributed by atoms with Crippen molar-refractivity contribution >= 4 is 0 Å². The summed E-state index contributed by atoms with van der Waals surface area (Å²) in [6.07, 6.45) is 6.42. The molecule has 1 saturated carbocycles. The van der Waals surface area contributed by atoms with Gasteiger partial charge < -0.3 is 19.5 Å². The molecule has 0 saturated heterocycles. The Balaban J connectivity index is 1.69. The molecule has 4 heteroatoms. The van der Waals surface area contributed by atoms with E-state index in [2.05, 4.69) is 5.32 Å². The maximum absolute atomic E-state index is 5.53. The Labute approximate surface area is 105 Å². The Bertz CT molecular complexity index is 161. The Kier molecular flexibility index (Phi) is 9.61. The summed E-state index contributed by atoms with van der Waals surface area (Å²) in [4.78, 5) is 0. The summed E-state index contributed by atoms with van der Waals surface area (Å²) in [7, 11) is 1.68. The van der Waals surface area contributed by atoms with Crippen LogP contribution in [0.3, 0.4) is 0 Å². The van der Waals surface area contributed by atoms with Gasteiger partial charge in [-0.05, 0) is 19.3 Å². The summed E-state index contributed by atoms with van der Waals surface area (Å²) >= 11 is 0. The molecule has 0 bridgehead atoms. The van der Waals surface area contributed by atoms with Gasteiger partial charge in [-0.15, -0.1) is 0 Å². The smallest absolute Gasteiger partial charge is 0.0700 e. The standard InChI is InChI=1S/C13H27NO3/c1-15-11-12-17-9-4-8-16-10-7-14-13-5-2-3-6-13/h13-14H,2-12H2,1H3. The van der Waals surface area contributed by atoms with Crippen LogP contribution in [0.25, 0.3) is 0 Å². The zero-order valence-electron chi connectivity index (χ0n) is 11.1. The van der Waals surface area contributed by atoms with Gasteiger partial charge in [0.1, 0.15) is 0 Å². The largest absolute Gasteiger partial charge is 0.382 e. The van der Waals surface area contributed by atoms with Crippen LogP contribution in [0.4, 0.5) is 0 Å². The number of methoxy groups -OCH3 is 1. The quantitative estimate of drug-likeness (QED) is 0.561. The number of hydrogen-bond donors (Lipinski definition) is 1. The topological polar surface area (TPSA) is 39.7 Å². The van der Waals surface area contributed by atoms with E-state index < -0.39 is 0 Å². The van der Waals surface area contributed by atoms with Gasteiger partial charge in [-0.2, -0.15) is 0 Å². The van der Waals surface area contributed by atoms with E-state index in [0.717, 1.165) is 38.8 Å². The molecule has 0 aromatic carbocycles. The van der Waals surface area contributed by atoms with Crippen molar-refractivity contribution < 1.29 is 14.2 Å². The fourth-order valence-electron chi connectivity index (χ4n) is 2.07. The molecule has 0 amide bonds. The van der Waals surface area contributed by atoms with Crippen LogP contribution in [0.15, 0.2) is 0 Å². The van der Waals surface area contributed by atoms with Gasteiger partial charge in [-0.25, -0.2) is 0 Å². The molecule has 0 radical (unpaired) electrons. The first-order valence-corrected chi connectivity index (χ1v) is 6.81. The van der Waals surface area contributed by atoms with Crippen molar-refractivity contribution in [2.24, 2.45) is 0 Å². The van der Waals surface area contributed by atoms with Crippen LogP contribution in [0.1, 0.15) is 32.1 Å². The van der Waals surface area contributed by atoms with Gasteiger partial charge in [0.25, 0.3) is 0 Å². The first-order valence-electron chi connectivity index (χ1n) is 6.81. The molecule has 0 atom stereocenters. The maximum Gasteiger partial charge on any atom is 0.0700 e. The third-order valence-corrected chi connectivity index (χ3v) is 3.04. The SMILES string of the molecule is COCCOCCCOCCNC1CCCC1.